The molecule has 0 radical (unpaired) electrons. The Labute approximate surface area is 211 Å². The van der Waals surface area contributed by atoms with Crippen LogP contribution in [-0.4, -0.2) is 18.3 Å². The topological polar surface area (TPSA) is 70.4 Å². The van der Waals surface area contributed by atoms with Crippen molar-refractivity contribution in [3.8, 4) is 11.8 Å². The fourth-order valence-electron chi connectivity index (χ4n) is 5.97. The Morgan fingerprint density at radius 3 is 2.69 bits per heavy atom. The van der Waals surface area contributed by atoms with Gasteiger partial charge in [-0.2, -0.15) is 5.26 Å². The zero-order valence-corrected chi connectivity index (χ0v) is 21.6. The lowest BCUT2D eigenvalue weighted by Gasteiger charge is -2.42. The molecular formula is C29H32N2O3S. The maximum Gasteiger partial charge on any atom is 0.232 e. The van der Waals surface area contributed by atoms with Gasteiger partial charge in [-0.25, -0.2) is 0 Å². The first-order chi connectivity index (χ1) is 16.8. The number of hydrogen-bond donors (Lipinski definition) is 0. The maximum atomic E-state index is 13.9. The average Bonchev–Trinajstić information content (AvgIpc) is 2.98. The molecule has 0 saturated heterocycles. The van der Waals surface area contributed by atoms with Gasteiger partial charge < -0.3 is 4.74 Å². The molecule has 3 aliphatic rings. The molecular weight excluding hydrogens is 456 g/mol. The van der Waals surface area contributed by atoms with Crippen LogP contribution in [0.15, 0.2) is 35.5 Å². The first-order valence-electron chi connectivity index (χ1n) is 12.7. The van der Waals surface area contributed by atoms with Crippen molar-refractivity contribution in [3.05, 3.63) is 57.1 Å². The van der Waals surface area contributed by atoms with Gasteiger partial charge in [-0.05, 0) is 56.1 Å². The number of ether oxygens (including phenoxy) is 1. The number of Topliss-reactive ketones (excluding diaryl/α,β-unsaturated/α-hetero) is 1. The molecule has 0 spiro atoms. The molecule has 0 fully saturated rings. The second-order valence-electron chi connectivity index (χ2n) is 10.6. The van der Waals surface area contributed by atoms with Crippen molar-refractivity contribution in [2.24, 2.45) is 5.41 Å². The third kappa shape index (κ3) is 4.21. The first-order valence-corrected chi connectivity index (χ1v) is 13.5. The lowest BCUT2D eigenvalue weighted by Crippen LogP contribution is -2.43. The number of para-hydroxylation sites is 1. The highest BCUT2D eigenvalue weighted by Gasteiger charge is 2.46. The van der Waals surface area contributed by atoms with E-state index in [1.807, 2.05) is 31.2 Å². The van der Waals surface area contributed by atoms with Gasteiger partial charge in [0, 0.05) is 40.5 Å². The Kier molecular flexibility index (Phi) is 6.31. The summed E-state index contributed by atoms with van der Waals surface area (Å²) in [6.07, 6.45) is 6.47. The molecule has 1 aliphatic heterocycles. The molecule has 0 N–H and O–H groups in total. The van der Waals surface area contributed by atoms with Crippen molar-refractivity contribution in [1.29, 1.82) is 5.26 Å². The number of hydrogen-bond acceptors (Lipinski definition) is 5. The molecule has 6 heteroatoms. The fourth-order valence-corrected chi connectivity index (χ4v) is 7.35. The Bertz CT molecular complexity index is 1260. The van der Waals surface area contributed by atoms with Crippen LogP contribution in [0.2, 0.25) is 0 Å². The van der Waals surface area contributed by atoms with E-state index in [0.717, 1.165) is 58.8 Å². The number of carbonyl (C=O) groups excluding carboxylic acids is 2. The molecule has 5 rings (SSSR count). The Hall–Kier alpha value is -2.91. The van der Waals surface area contributed by atoms with Crippen LogP contribution in [0.5, 0.6) is 5.75 Å². The number of carbonyl (C=O) groups is 2. The summed E-state index contributed by atoms with van der Waals surface area (Å²) in [7, 11) is 0. The molecule has 2 aromatic rings. The minimum Gasteiger partial charge on any atom is -0.494 e. The van der Waals surface area contributed by atoms with Crippen LogP contribution in [0.1, 0.15) is 86.8 Å². The Morgan fingerprint density at radius 1 is 1.14 bits per heavy atom. The van der Waals surface area contributed by atoms with Crippen LogP contribution in [0.3, 0.4) is 0 Å². The molecule has 0 bridgehead atoms. The van der Waals surface area contributed by atoms with Crippen LogP contribution in [0.4, 0.5) is 5.00 Å². The van der Waals surface area contributed by atoms with Crippen molar-refractivity contribution in [1.82, 2.24) is 0 Å². The molecule has 5 nitrogen and oxygen atoms in total. The zero-order valence-electron chi connectivity index (χ0n) is 20.8. The Balaban J connectivity index is 1.70. The Morgan fingerprint density at radius 2 is 1.91 bits per heavy atom. The van der Waals surface area contributed by atoms with Crippen molar-refractivity contribution in [2.75, 3.05) is 11.5 Å². The van der Waals surface area contributed by atoms with Crippen molar-refractivity contribution in [3.63, 3.8) is 0 Å². The molecule has 2 heterocycles. The van der Waals surface area contributed by atoms with Gasteiger partial charge in [-0.3, -0.25) is 14.5 Å². The number of allylic oxidation sites excluding steroid dienone is 2. The number of nitriles is 1. The van der Waals surface area contributed by atoms with Gasteiger partial charge in [0.05, 0.1) is 12.2 Å². The van der Waals surface area contributed by atoms with E-state index in [1.165, 1.54) is 11.3 Å². The number of amides is 1. The molecule has 0 unspecified atom stereocenters. The van der Waals surface area contributed by atoms with Gasteiger partial charge >= 0.3 is 0 Å². The van der Waals surface area contributed by atoms with Crippen LogP contribution in [-0.2, 0) is 22.4 Å². The number of ketones is 1. The van der Waals surface area contributed by atoms with E-state index in [4.69, 9.17) is 4.74 Å². The molecule has 0 saturated carbocycles. The summed E-state index contributed by atoms with van der Waals surface area (Å²) < 4.78 is 5.90. The molecule has 1 aromatic heterocycles. The van der Waals surface area contributed by atoms with Crippen LogP contribution in [0, 0.1) is 16.7 Å². The minimum atomic E-state index is -0.330. The number of thiophene rings is 1. The number of rotatable bonds is 4. The normalized spacial score (nSPS) is 21.8. The summed E-state index contributed by atoms with van der Waals surface area (Å²) in [5.74, 6) is 0.454. The van der Waals surface area contributed by atoms with E-state index >= 15 is 0 Å². The standard InChI is InChI=1S/C29H32N2O3S/c1-4-34-24-12-9-8-10-18(24)20-14-26(33)31(22-15-29(2,3)16-23(32)27(20)22)28-21(17-30)19-11-6-5-7-13-25(19)35-28/h8-10,12,20H,4-7,11,13-16H2,1-3H3/t20-/m1/s1. The number of fused-ring (bicyclic) bond motifs is 1. The SMILES string of the molecule is CCOc1ccccc1[C@H]1CC(=O)N(c2sc3c(c2C#N)CCCCC3)C2=C1C(=O)CC(C)(C)C2. The van der Waals surface area contributed by atoms with Gasteiger partial charge in [0.25, 0.3) is 0 Å². The van der Waals surface area contributed by atoms with Crippen LogP contribution < -0.4 is 9.64 Å². The summed E-state index contributed by atoms with van der Waals surface area (Å²) in [4.78, 5) is 30.6. The average molecular weight is 489 g/mol. The highest BCUT2D eigenvalue weighted by Crippen LogP contribution is 2.51. The summed E-state index contributed by atoms with van der Waals surface area (Å²) in [5.41, 5.74) is 3.90. The number of benzene rings is 1. The summed E-state index contributed by atoms with van der Waals surface area (Å²) in [5, 5.41) is 10.9. The fraction of sp³-hybridized carbons (Fsp3) is 0.483. The molecule has 1 aromatic carbocycles. The van der Waals surface area contributed by atoms with Crippen molar-refractivity contribution >= 4 is 28.0 Å². The van der Waals surface area contributed by atoms with Gasteiger partial charge in [0.1, 0.15) is 16.8 Å². The third-order valence-corrected chi connectivity index (χ3v) is 8.73. The van der Waals surface area contributed by atoms with Crippen LogP contribution >= 0.6 is 11.3 Å². The maximum absolute atomic E-state index is 13.9. The van der Waals surface area contributed by atoms with Crippen molar-refractivity contribution in [2.45, 2.75) is 78.1 Å². The van der Waals surface area contributed by atoms with Gasteiger partial charge in [-0.1, -0.05) is 38.5 Å². The summed E-state index contributed by atoms with van der Waals surface area (Å²) >= 11 is 1.59. The molecule has 182 valence electrons. The van der Waals surface area contributed by atoms with Gasteiger partial charge in [0.2, 0.25) is 5.91 Å². The van der Waals surface area contributed by atoms with E-state index < -0.39 is 0 Å². The quantitative estimate of drug-likeness (QED) is 0.464. The molecule has 1 amide bonds. The predicted octanol–water partition coefficient (Wildman–Crippen LogP) is 6.45. The second-order valence-corrected chi connectivity index (χ2v) is 11.7. The number of anilines is 1. The van der Waals surface area contributed by atoms with E-state index in [-0.39, 0.29) is 29.4 Å². The molecule has 1 atom stereocenters. The third-order valence-electron chi connectivity index (χ3n) is 7.45. The van der Waals surface area contributed by atoms with E-state index in [2.05, 4.69) is 19.9 Å². The second kappa shape index (κ2) is 9.28. The summed E-state index contributed by atoms with van der Waals surface area (Å²) in [6, 6.07) is 10.2. The van der Waals surface area contributed by atoms with Gasteiger partial charge in [-0.15, -0.1) is 11.3 Å². The highest BCUT2D eigenvalue weighted by atomic mass is 32.1. The minimum absolute atomic E-state index is 0.0431. The monoisotopic (exact) mass is 488 g/mol. The van der Waals surface area contributed by atoms with Gasteiger partial charge in [0.15, 0.2) is 5.78 Å². The van der Waals surface area contributed by atoms with E-state index in [1.54, 1.807) is 16.2 Å². The number of nitrogens with zero attached hydrogens (tertiary/aromatic N) is 2. The van der Waals surface area contributed by atoms with Crippen molar-refractivity contribution < 1.29 is 14.3 Å². The van der Waals surface area contributed by atoms with E-state index in [9.17, 15) is 14.9 Å². The lowest BCUT2D eigenvalue weighted by atomic mass is 9.69. The highest BCUT2D eigenvalue weighted by molar-refractivity contribution is 7.16. The zero-order chi connectivity index (χ0) is 24.7. The molecule has 2 aliphatic carbocycles. The first kappa shape index (κ1) is 23.8. The smallest absolute Gasteiger partial charge is 0.232 e. The van der Waals surface area contributed by atoms with E-state index in [0.29, 0.717) is 25.0 Å². The largest absolute Gasteiger partial charge is 0.494 e. The number of aryl methyl sites for hydroxylation is 1. The summed E-state index contributed by atoms with van der Waals surface area (Å²) in [6.45, 7) is 6.63. The lowest BCUT2D eigenvalue weighted by molar-refractivity contribution is -0.120. The van der Waals surface area contributed by atoms with Crippen LogP contribution in [0.25, 0.3) is 0 Å². The molecule has 35 heavy (non-hydrogen) atoms. The predicted molar refractivity (Wildman–Crippen MR) is 138 cm³/mol.